The van der Waals surface area contributed by atoms with Gasteiger partial charge in [-0.25, -0.2) is 0 Å². The van der Waals surface area contributed by atoms with E-state index in [0.717, 1.165) is 29.9 Å². The fourth-order valence-electron chi connectivity index (χ4n) is 3.34. The van der Waals surface area contributed by atoms with E-state index in [1.807, 2.05) is 24.3 Å². The third kappa shape index (κ3) is 2.93. The van der Waals surface area contributed by atoms with Gasteiger partial charge in [0.05, 0.1) is 0 Å². The van der Waals surface area contributed by atoms with Crippen molar-refractivity contribution in [1.82, 2.24) is 0 Å². The number of fused-ring (bicyclic) bond motifs is 1. The first-order valence-electron chi connectivity index (χ1n) is 8.57. The van der Waals surface area contributed by atoms with Crippen LogP contribution in [0.15, 0.2) is 43.0 Å². The maximum absolute atomic E-state index is 6.31. The molecule has 1 heterocycles. The Morgan fingerprint density at radius 3 is 2.50 bits per heavy atom. The molecule has 0 unspecified atom stereocenters. The van der Waals surface area contributed by atoms with Crippen molar-refractivity contribution in [1.29, 1.82) is 0 Å². The highest BCUT2D eigenvalue weighted by molar-refractivity contribution is 5.59. The van der Waals surface area contributed by atoms with Crippen LogP contribution in [0.4, 0.5) is 0 Å². The molecule has 1 aliphatic rings. The van der Waals surface area contributed by atoms with Crippen LogP contribution in [0.5, 0.6) is 11.5 Å². The Hall–Kier alpha value is -2.22. The predicted molar refractivity (Wildman–Crippen MR) is 99.0 cm³/mol. The lowest BCUT2D eigenvalue weighted by Crippen LogP contribution is -2.34. The van der Waals surface area contributed by atoms with E-state index >= 15 is 0 Å². The van der Waals surface area contributed by atoms with Gasteiger partial charge in [0.2, 0.25) is 0 Å². The van der Waals surface area contributed by atoms with E-state index < -0.39 is 0 Å². The normalized spacial score (nSPS) is 19.3. The van der Waals surface area contributed by atoms with Gasteiger partial charge in [-0.2, -0.15) is 0 Å². The number of rotatable bonds is 4. The Kier molecular flexibility index (Phi) is 4.40. The molecule has 0 spiro atoms. The van der Waals surface area contributed by atoms with Gasteiger partial charge in [0.15, 0.2) is 0 Å². The van der Waals surface area contributed by atoms with E-state index in [1.54, 1.807) is 0 Å². The van der Waals surface area contributed by atoms with Crippen molar-refractivity contribution in [3.8, 4) is 11.5 Å². The Balaban J connectivity index is 1.95. The molecule has 0 aromatic heterocycles. The van der Waals surface area contributed by atoms with E-state index in [9.17, 15) is 0 Å². The second-order valence-corrected chi connectivity index (χ2v) is 6.90. The molecule has 1 atom stereocenters. The minimum absolute atomic E-state index is 0.275. The van der Waals surface area contributed by atoms with Gasteiger partial charge in [-0.3, -0.25) is 0 Å². The van der Waals surface area contributed by atoms with Crippen LogP contribution in [0.2, 0.25) is 0 Å². The standard InChI is InChI=1S/C22H26O2/c1-6-22(5)13-12-19-17(4)20(15(2)16(3)21(19)24-22)23-14-18-10-8-7-9-11-18/h6-11H,1,12-14H2,2-5H3/t22-/m1/s1. The zero-order valence-corrected chi connectivity index (χ0v) is 15.1. The van der Waals surface area contributed by atoms with Crippen LogP contribution >= 0.6 is 0 Å². The van der Waals surface area contributed by atoms with Gasteiger partial charge < -0.3 is 9.47 Å². The van der Waals surface area contributed by atoms with E-state index in [-0.39, 0.29) is 5.60 Å². The maximum Gasteiger partial charge on any atom is 0.127 e. The molecule has 2 heteroatoms. The first-order chi connectivity index (χ1) is 11.4. The van der Waals surface area contributed by atoms with Crippen molar-refractivity contribution in [3.63, 3.8) is 0 Å². The third-order valence-corrected chi connectivity index (χ3v) is 5.18. The summed E-state index contributed by atoms with van der Waals surface area (Å²) in [6, 6.07) is 10.3. The van der Waals surface area contributed by atoms with Crippen LogP contribution in [0, 0.1) is 20.8 Å². The zero-order valence-electron chi connectivity index (χ0n) is 15.1. The molecular formula is C22H26O2. The molecule has 2 aromatic rings. The van der Waals surface area contributed by atoms with Crippen molar-refractivity contribution >= 4 is 0 Å². The molecule has 0 saturated heterocycles. The smallest absolute Gasteiger partial charge is 0.127 e. The van der Waals surface area contributed by atoms with Gasteiger partial charge in [-0.15, -0.1) is 0 Å². The van der Waals surface area contributed by atoms with Crippen LogP contribution in [0.25, 0.3) is 0 Å². The van der Waals surface area contributed by atoms with Crippen LogP contribution in [0.1, 0.15) is 41.2 Å². The molecule has 0 amide bonds. The fourth-order valence-corrected chi connectivity index (χ4v) is 3.34. The highest BCUT2D eigenvalue weighted by atomic mass is 16.5. The molecule has 126 valence electrons. The number of hydrogen-bond donors (Lipinski definition) is 0. The molecule has 2 nitrogen and oxygen atoms in total. The van der Waals surface area contributed by atoms with Crippen molar-refractivity contribution in [2.45, 2.75) is 52.7 Å². The first-order valence-corrected chi connectivity index (χ1v) is 8.57. The van der Waals surface area contributed by atoms with Gasteiger partial charge in [0.25, 0.3) is 0 Å². The van der Waals surface area contributed by atoms with Crippen LogP contribution in [0.3, 0.4) is 0 Å². The molecule has 2 aromatic carbocycles. The van der Waals surface area contributed by atoms with E-state index in [4.69, 9.17) is 9.47 Å². The molecule has 0 saturated carbocycles. The SMILES string of the molecule is C=C[C@]1(C)CCc2c(C)c(OCc3ccccc3)c(C)c(C)c2O1. The van der Waals surface area contributed by atoms with Gasteiger partial charge >= 0.3 is 0 Å². The lowest BCUT2D eigenvalue weighted by molar-refractivity contribution is 0.113. The summed E-state index contributed by atoms with van der Waals surface area (Å²) in [5.74, 6) is 2.02. The van der Waals surface area contributed by atoms with Gasteiger partial charge in [-0.1, -0.05) is 36.9 Å². The third-order valence-electron chi connectivity index (χ3n) is 5.18. The summed E-state index contributed by atoms with van der Waals surface area (Å²) in [4.78, 5) is 0. The zero-order chi connectivity index (χ0) is 17.3. The Morgan fingerprint density at radius 1 is 1.12 bits per heavy atom. The summed E-state index contributed by atoms with van der Waals surface area (Å²) in [5, 5.41) is 0. The molecule has 0 fully saturated rings. The molecule has 0 N–H and O–H groups in total. The minimum atomic E-state index is -0.275. The molecule has 1 aliphatic heterocycles. The van der Waals surface area contributed by atoms with E-state index in [0.29, 0.717) is 6.61 Å². The average molecular weight is 322 g/mol. The predicted octanol–water partition coefficient (Wildman–Crippen LogP) is 5.46. The quantitative estimate of drug-likeness (QED) is 0.696. The number of hydrogen-bond acceptors (Lipinski definition) is 2. The Bertz CT molecular complexity index is 762. The maximum atomic E-state index is 6.31. The molecule has 0 radical (unpaired) electrons. The number of benzene rings is 2. The fraction of sp³-hybridized carbons (Fsp3) is 0.364. The van der Waals surface area contributed by atoms with Crippen LogP contribution < -0.4 is 9.47 Å². The highest BCUT2D eigenvalue weighted by Gasteiger charge is 2.32. The van der Waals surface area contributed by atoms with E-state index in [2.05, 4.69) is 46.4 Å². The molecule has 24 heavy (non-hydrogen) atoms. The average Bonchev–Trinajstić information content (AvgIpc) is 2.60. The first kappa shape index (κ1) is 16.6. The van der Waals surface area contributed by atoms with E-state index in [1.165, 1.54) is 22.3 Å². The highest BCUT2D eigenvalue weighted by Crippen LogP contribution is 2.44. The number of ether oxygens (including phenoxy) is 2. The minimum Gasteiger partial charge on any atom is -0.488 e. The second kappa shape index (κ2) is 6.35. The summed E-state index contributed by atoms with van der Waals surface area (Å²) in [6.07, 6.45) is 3.86. The summed E-state index contributed by atoms with van der Waals surface area (Å²) < 4.78 is 12.5. The Labute approximate surface area is 145 Å². The summed E-state index contributed by atoms with van der Waals surface area (Å²) >= 11 is 0. The van der Waals surface area contributed by atoms with Crippen molar-refractivity contribution < 1.29 is 9.47 Å². The van der Waals surface area contributed by atoms with Crippen molar-refractivity contribution in [2.24, 2.45) is 0 Å². The molecule has 3 rings (SSSR count). The lowest BCUT2D eigenvalue weighted by atomic mass is 9.87. The van der Waals surface area contributed by atoms with Crippen LogP contribution in [-0.4, -0.2) is 5.60 Å². The second-order valence-electron chi connectivity index (χ2n) is 6.90. The monoisotopic (exact) mass is 322 g/mol. The van der Waals surface area contributed by atoms with Gasteiger partial charge in [0.1, 0.15) is 23.7 Å². The molecule has 0 aliphatic carbocycles. The van der Waals surface area contributed by atoms with Crippen molar-refractivity contribution in [3.05, 3.63) is 70.8 Å². The topological polar surface area (TPSA) is 18.5 Å². The summed E-state index contributed by atoms with van der Waals surface area (Å²) in [6.45, 7) is 13.0. The summed E-state index contributed by atoms with van der Waals surface area (Å²) in [7, 11) is 0. The Morgan fingerprint density at radius 2 is 1.83 bits per heavy atom. The lowest BCUT2D eigenvalue weighted by Gasteiger charge is -2.36. The van der Waals surface area contributed by atoms with Gasteiger partial charge in [-0.05, 0) is 68.9 Å². The largest absolute Gasteiger partial charge is 0.488 e. The molecule has 0 bridgehead atoms. The van der Waals surface area contributed by atoms with Crippen LogP contribution in [-0.2, 0) is 13.0 Å². The van der Waals surface area contributed by atoms with Crippen molar-refractivity contribution in [2.75, 3.05) is 0 Å². The van der Waals surface area contributed by atoms with Gasteiger partial charge in [0, 0.05) is 5.56 Å². The molecular weight excluding hydrogens is 296 g/mol. The summed E-state index contributed by atoms with van der Waals surface area (Å²) in [5.41, 5.74) is 5.72.